The zero-order chi connectivity index (χ0) is 12.3. The smallest absolute Gasteiger partial charge is 0.352 e. The van der Waals surface area contributed by atoms with Gasteiger partial charge in [-0.15, -0.1) is 0 Å². The number of hydrogen-bond donors (Lipinski definition) is 2. The third-order valence-electron chi connectivity index (χ3n) is 2.90. The van der Waals surface area contributed by atoms with E-state index in [1.54, 1.807) is 0 Å². The van der Waals surface area contributed by atoms with Gasteiger partial charge in [0, 0.05) is 6.04 Å². The van der Waals surface area contributed by atoms with Gasteiger partial charge in [0.25, 0.3) is 0 Å². The van der Waals surface area contributed by atoms with Crippen LogP contribution in [0.15, 0.2) is 0 Å². The second kappa shape index (κ2) is 5.03. The van der Waals surface area contributed by atoms with E-state index in [0.29, 0.717) is 12.8 Å². The van der Waals surface area contributed by atoms with Gasteiger partial charge in [0.15, 0.2) is 0 Å². The van der Waals surface area contributed by atoms with Crippen LogP contribution in [0, 0.1) is 5.92 Å². The van der Waals surface area contributed by atoms with Gasteiger partial charge in [0.1, 0.15) is 0 Å². The summed E-state index contributed by atoms with van der Waals surface area (Å²) in [6, 6.07) is -1.06. The van der Waals surface area contributed by atoms with Crippen LogP contribution in [0.2, 0.25) is 0 Å². The van der Waals surface area contributed by atoms with Gasteiger partial charge in [0.2, 0.25) is 5.91 Å². The first-order chi connectivity index (χ1) is 7.30. The van der Waals surface area contributed by atoms with Gasteiger partial charge in [-0.05, 0) is 26.2 Å². The molecule has 0 aromatic heterocycles. The van der Waals surface area contributed by atoms with Crippen molar-refractivity contribution in [3.05, 3.63) is 0 Å². The van der Waals surface area contributed by atoms with Crippen molar-refractivity contribution in [2.24, 2.45) is 11.7 Å². The fourth-order valence-electron chi connectivity index (χ4n) is 1.95. The van der Waals surface area contributed by atoms with Crippen LogP contribution in [0.25, 0.3) is 0 Å². The van der Waals surface area contributed by atoms with E-state index in [4.69, 9.17) is 5.73 Å². The molecule has 1 amide bonds. The lowest BCUT2D eigenvalue weighted by Crippen LogP contribution is -2.46. The molecule has 1 rings (SSSR count). The molecule has 0 radical (unpaired) electrons. The van der Waals surface area contributed by atoms with Crippen molar-refractivity contribution in [1.82, 2.24) is 5.32 Å². The lowest BCUT2D eigenvalue weighted by Gasteiger charge is -2.31. The highest BCUT2D eigenvalue weighted by Gasteiger charge is 2.42. The summed E-state index contributed by atoms with van der Waals surface area (Å²) in [6.07, 6.45) is -2.92. The van der Waals surface area contributed by atoms with Crippen LogP contribution in [0.5, 0.6) is 0 Å². The number of carbonyl (C=O) groups is 1. The molecule has 0 aromatic carbocycles. The predicted molar refractivity (Wildman–Crippen MR) is 53.6 cm³/mol. The highest BCUT2D eigenvalue weighted by molar-refractivity contribution is 5.81. The summed E-state index contributed by atoms with van der Waals surface area (Å²) in [5.41, 5.74) is 5.34. The minimum Gasteiger partial charge on any atom is -0.352 e. The molecule has 3 nitrogen and oxygen atoms in total. The van der Waals surface area contributed by atoms with Crippen LogP contribution in [0.3, 0.4) is 0 Å². The molecule has 0 aliphatic heterocycles. The predicted octanol–water partition coefficient (Wildman–Crippen LogP) is 1.57. The number of amides is 1. The standard InChI is InChI=1S/C10H17F3N2O/c1-6(14)9(16)15-8-4-2-3-7(5-8)10(11,12)13/h6-8H,2-5,14H2,1H3,(H,15,16). The topological polar surface area (TPSA) is 55.1 Å². The van der Waals surface area contributed by atoms with E-state index < -0.39 is 18.1 Å². The van der Waals surface area contributed by atoms with E-state index in [0.717, 1.165) is 0 Å². The maximum Gasteiger partial charge on any atom is 0.391 e. The van der Waals surface area contributed by atoms with Crippen LogP contribution in [0.1, 0.15) is 32.6 Å². The number of hydrogen-bond acceptors (Lipinski definition) is 2. The van der Waals surface area contributed by atoms with Gasteiger partial charge in [-0.25, -0.2) is 0 Å². The second-order valence-corrected chi connectivity index (χ2v) is 4.40. The van der Waals surface area contributed by atoms with Crippen molar-refractivity contribution in [2.45, 2.75) is 50.9 Å². The highest BCUT2D eigenvalue weighted by Crippen LogP contribution is 2.37. The van der Waals surface area contributed by atoms with Crippen LogP contribution < -0.4 is 11.1 Å². The van der Waals surface area contributed by atoms with E-state index in [1.165, 1.54) is 6.92 Å². The maximum atomic E-state index is 12.5. The molecule has 1 aliphatic rings. The third-order valence-corrected chi connectivity index (χ3v) is 2.90. The molecule has 0 spiro atoms. The molecule has 0 aromatic rings. The quantitative estimate of drug-likeness (QED) is 0.767. The number of rotatable bonds is 2. The number of nitrogens with two attached hydrogens (primary N) is 1. The van der Waals surface area contributed by atoms with Crippen molar-refractivity contribution in [1.29, 1.82) is 0 Å². The summed E-state index contributed by atoms with van der Waals surface area (Å²) in [6.45, 7) is 1.51. The van der Waals surface area contributed by atoms with E-state index in [1.807, 2.05) is 0 Å². The van der Waals surface area contributed by atoms with Gasteiger partial charge >= 0.3 is 6.18 Å². The van der Waals surface area contributed by atoms with Gasteiger partial charge in [-0.2, -0.15) is 13.2 Å². The van der Waals surface area contributed by atoms with Crippen LogP contribution in [0.4, 0.5) is 13.2 Å². The summed E-state index contributed by atoms with van der Waals surface area (Å²) in [4.78, 5) is 11.3. The molecule has 94 valence electrons. The Balaban J connectivity index is 2.48. The molecule has 0 bridgehead atoms. The molecule has 3 unspecified atom stereocenters. The number of carbonyl (C=O) groups excluding carboxylic acids is 1. The van der Waals surface area contributed by atoms with Gasteiger partial charge in [-0.1, -0.05) is 6.42 Å². The van der Waals surface area contributed by atoms with Crippen molar-refractivity contribution >= 4 is 5.91 Å². The Bertz CT molecular complexity index is 253. The summed E-state index contributed by atoms with van der Waals surface area (Å²) in [5, 5.41) is 2.56. The Hall–Kier alpha value is -0.780. The maximum absolute atomic E-state index is 12.5. The van der Waals surface area contributed by atoms with Crippen molar-refractivity contribution in [3.8, 4) is 0 Å². The molecular formula is C10H17F3N2O. The second-order valence-electron chi connectivity index (χ2n) is 4.40. The average Bonchev–Trinajstić information content (AvgIpc) is 2.16. The first kappa shape index (κ1) is 13.3. The highest BCUT2D eigenvalue weighted by atomic mass is 19.4. The van der Waals surface area contributed by atoms with E-state index in [-0.39, 0.29) is 24.8 Å². The Morgan fingerprint density at radius 1 is 1.44 bits per heavy atom. The minimum atomic E-state index is -4.16. The Morgan fingerprint density at radius 2 is 2.06 bits per heavy atom. The Kier molecular flexibility index (Phi) is 4.18. The van der Waals surface area contributed by atoms with E-state index in [2.05, 4.69) is 5.32 Å². The molecule has 0 saturated heterocycles. The molecule has 1 saturated carbocycles. The number of nitrogens with one attached hydrogen (secondary N) is 1. The van der Waals surface area contributed by atoms with Crippen LogP contribution in [-0.2, 0) is 4.79 Å². The van der Waals surface area contributed by atoms with E-state index in [9.17, 15) is 18.0 Å². The Morgan fingerprint density at radius 3 is 2.56 bits per heavy atom. The average molecular weight is 238 g/mol. The monoisotopic (exact) mass is 238 g/mol. The largest absolute Gasteiger partial charge is 0.391 e. The first-order valence-electron chi connectivity index (χ1n) is 5.43. The van der Waals surface area contributed by atoms with Gasteiger partial charge in [-0.3, -0.25) is 4.79 Å². The fourth-order valence-corrected chi connectivity index (χ4v) is 1.95. The molecule has 3 N–H and O–H groups in total. The fraction of sp³-hybridized carbons (Fsp3) is 0.900. The number of alkyl halides is 3. The molecule has 3 atom stereocenters. The summed E-state index contributed by atoms with van der Waals surface area (Å²) >= 11 is 0. The van der Waals surface area contributed by atoms with Crippen molar-refractivity contribution in [3.63, 3.8) is 0 Å². The zero-order valence-corrected chi connectivity index (χ0v) is 9.18. The SMILES string of the molecule is CC(N)C(=O)NC1CCCC(C(F)(F)F)C1. The van der Waals surface area contributed by atoms with Gasteiger partial charge < -0.3 is 11.1 Å². The third kappa shape index (κ3) is 3.66. The first-order valence-corrected chi connectivity index (χ1v) is 5.43. The summed E-state index contributed by atoms with van der Waals surface area (Å²) in [7, 11) is 0. The molecule has 16 heavy (non-hydrogen) atoms. The van der Waals surface area contributed by atoms with E-state index >= 15 is 0 Å². The van der Waals surface area contributed by atoms with Crippen molar-refractivity contribution < 1.29 is 18.0 Å². The van der Waals surface area contributed by atoms with Crippen LogP contribution >= 0.6 is 0 Å². The Labute approximate surface area is 92.6 Å². The molecule has 6 heteroatoms. The zero-order valence-electron chi connectivity index (χ0n) is 9.18. The minimum absolute atomic E-state index is 0.0258. The van der Waals surface area contributed by atoms with Gasteiger partial charge in [0.05, 0.1) is 12.0 Å². The molecule has 1 aliphatic carbocycles. The number of halogens is 3. The summed E-state index contributed by atoms with van der Waals surface area (Å²) in [5.74, 6) is -1.67. The molecular weight excluding hydrogens is 221 g/mol. The van der Waals surface area contributed by atoms with Crippen molar-refractivity contribution in [2.75, 3.05) is 0 Å². The summed E-state index contributed by atoms with van der Waals surface area (Å²) < 4.78 is 37.4. The lowest BCUT2D eigenvalue weighted by molar-refractivity contribution is -0.184. The lowest BCUT2D eigenvalue weighted by atomic mass is 9.85. The molecule has 0 heterocycles. The molecule has 1 fully saturated rings. The van der Waals surface area contributed by atoms with Crippen LogP contribution in [-0.4, -0.2) is 24.2 Å². The normalized spacial score (nSPS) is 28.6.